The van der Waals surface area contributed by atoms with Crippen LogP contribution >= 0.6 is 0 Å². The van der Waals surface area contributed by atoms with Crippen LogP contribution in [0.3, 0.4) is 0 Å². The molecular formula is C22H31N5O5. The molecule has 0 aromatic carbocycles. The van der Waals surface area contributed by atoms with Crippen molar-refractivity contribution < 1.29 is 23.8 Å². The average Bonchev–Trinajstić information content (AvgIpc) is 3.48. The third-order valence-electron chi connectivity index (χ3n) is 4.77. The lowest BCUT2D eigenvalue weighted by molar-refractivity contribution is 0.0600. The van der Waals surface area contributed by atoms with Crippen LogP contribution in [0.15, 0.2) is 36.7 Å². The Labute approximate surface area is 187 Å². The van der Waals surface area contributed by atoms with Crippen molar-refractivity contribution in [3.63, 3.8) is 0 Å². The van der Waals surface area contributed by atoms with Crippen LogP contribution in [0.25, 0.3) is 0 Å². The lowest BCUT2D eigenvalue weighted by Crippen LogP contribution is -2.18. The van der Waals surface area contributed by atoms with Crippen LogP contribution in [0.5, 0.6) is 0 Å². The van der Waals surface area contributed by atoms with E-state index in [2.05, 4.69) is 14.7 Å². The summed E-state index contributed by atoms with van der Waals surface area (Å²) in [6.07, 6.45) is 5.59. The second-order valence-corrected chi connectivity index (χ2v) is 7.41. The van der Waals surface area contributed by atoms with Gasteiger partial charge < -0.3 is 31.4 Å². The Kier molecular flexibility index (Phi) is 10.5. The number of pyridine rings is 2. The number of rotatable bonds is 4. The molecule has 0 aliphatic carbocycles. The van der Waals surface area contributed by atoms with Crippen LogP contribution in [0.1, 0.15) is 40.0 Å². The summed E-state index contributed by atoms with van der Waals surface area (Å²) in [6.45, 7) is 3.10. The Morgan fingerprint density at radius 1 is 1.00 bits per heavy atom. The predicted molar refractivity (Wildman–Crippen MR) is 120 cm³/mol. The number of nitrogens with zero attached hydrogens (tertiary/aromatic N) is 2. The summed E-state index contributed by atoms with van der Waals surface area (Å²) < 4.78 is 14.6. The first-order valence-electron chi connectivity index (χ1n) is 10.3. The van der Waals surface area contributed by atoms with Gasteiger partial charge in [0, 0.05) is 50.2 Å². The highest BCUT2D eigenvalue weighted by molar-refractivity contribution is 5.96. The highest BCUT2D eigenvalue weighted by Crippen LogP contribution is 2.19. The molecule has 2 aromatic heterocycles. The summed E-state index contributed by atoms with van der Waals surface area (Å²) in [5, 5.41) is 0. The van der Waals surface area contributed by atoms with Crippen molar-refractivity contribution >= 4 is 23.4 Å². The maximum Gasteiger partial charge on any atom is 0.338 e. The van der Waals surface area contributed by atoms with Gasteiger partial charge in [0.05, 0.1) is 19.3 Å². The molecule has 0 spiro atoms. The predicted octanol–water partition coefficient (Wildman–Crippen LogP) is 1.46. The summed E-state index contributed by atoms with van der Waals surface area (Å²) >= 11 is 0. The van der Waals surface area contributed by atoms with Crippen molar-refractivity contribution in [2.45, 2.75) is 25.3 Å². The Hall–Kier alpha value is -3.08. The number of esters is 1. The summed E-state index contributed by atoms with van der Waals surface area (Å²) in [7, 11) is 1.32. The number of ketones is 1. The molecule has 0 unspecified atom stereocenters. The summed E-state index contributed by atoms with van der Waals surface area (Å²) in [4.78, 5) is 30.3. The Morgan fingerprint density at radius 3 is 2.06 bits per heavy atom. The summed E-state index contributed by atoms with van der Waals surface area (Å²) in [5.41, 5.74) is 17.3. The van der Waals surface area contributed by atoms with Crippen LogP contribution < -0.4 is 17.2 Å². The van der Waals surface area contributed by atoms with Crippen molar-refractivity contribution in [2.75, 3.05) is 45.0 Å². The molecule has 0 saturated carbocycles. The Morgan fingerprint density at radius 2 is 1.59 bits per heavy atom. The largest absolute Gasteiger partial charge is 0.465 e. The van der Waals surface area contributed by atoms with Crippen molar-refractivity contribution in [1.82, 2.24) is 9.97 Å². The van der Waals surface area contributed by atoms with Gasteiger partial charge in [-0.2, -0.15) is 0 Å². The zero-order valence-electron chi connectivity index (χ0n) is 18.2. The maximum absolute atomic E-state index is 11.8. The van der Waals surface area contributed by atoms with Crippen LogP contribution in [-0.2, 0) is 14.2 Å². The number of anilines is 2. The zero-order valence-corrected chi connectivity index (χ0v) is 18.2. The third-order valence-corrected chi connectivity index (χ3v) is 4.77. The minimum Gasteiger partial charge on any atom is -0.465 e. The van der Waals surface area contributed by atoms with E-state index in [-0.39, 0.29) is 5.78 Å². The van der Waals surface area contributed by atoms with E-state index in [0.717, 1.165) is 32.7 Å². The monoisotopic (exact) mass is 445 g/mol. The molecule has 10 heteroatoms. The molecule has 6 N–H and O–H groups in total. The van der Waals surface area contributed by atoms with Crippen LogP contribution in [0, 0.1) is 5.92 Å². The fourth-order valence-electron chi connectivity index (χ4n) is 2.99. The number of nitrogens with two attached hydrogens (primary N) is 3. The van der Waals surface area contributed by atoms with Crippen molar-refractivity contribution in [1.29, 1.82) is 0 Å². The number of ether oxygens (including phenoxy) is 3. The van der Waals surface area contributed by atoms with E-state index in [1.165, 1.54) is 19.4 Å². The van der Waals surface area contributed by atoms with Gasteiger partial charge in [-0.3, -0.25) is 4.79 Å². The van der Waals surface area contributed by atoms with Crippen LogP contribution in [0.4, 0.5) is 11.6 Å². The summed E-state index contributed by atoms with van der Waals surface area (Å²) in [6, 6.07) is 6.66. The minimum atomic E-state index is -0.404. The molecule has 2 atom stereocenters. The first kappa shape index (κ1) is 25.2. The van der Waals surface area contributed by atoms with Crippen LogP contribution in [0.2, 0.25) is 0 Å². The zero-order chi connectivity index (χ0) is 23.3. The fourth-order valence-corrected chi connectivity index (χ4v) is 2.99. The number of carbonyl (C=O) groups is 2. The van der Waals surface area contributed by atoms with Crippen LogP contribution in [-0.4, -0.2) is 61.3 Å². The maximum atomic E-state index is 11.8. The quantitative estimate of drug-likeness (QED) is 0.463. The number of hydrogen-bond acceptors (Lipinski definition) is 10. The van der Waals surface area contributed by atoms with Gasteiger partial charge in [0.25, 0.3) is 0 Å². The van der Waals surface area contributed by atoms with Crippen molar-refractivity contribution in [3.8, 4) is 0 Å². The lowest BCUT2D eigenvalue weighted by Gasteiger charge is -2.06. The molecule has 4 heterocycles. The van der Waals surface area contributed by atoms with E-state index in [9.17, 15) is 9.59 Å². The highest BCUT2D eigenvalue weighted by Gasteiger charge is 2.20. The van der Waals surface area contributed by atoms with Gasteiger partial charge in [-0.15, -0.1) is 0 Å². The molecule has 0 radical (unpaired) electrons. The first-order chi connectivity index (χ1) is 15.4. The van der Waals surface area contributed by atoms with E-state index in [1.807, 2.05) is 0 Å². The first-order valence-corrected chi connectivity index (χ1v) is 10.3. The van der Waals surface area contributed by atoms with Gasteiger partial charge in [0.2, 0.25) is 0 Å². The molecule has 2 aliphatic heterocycles. The van der Waals surface area contributed by atoms with E-state index in [4.69, 9.17) is 26.7 Å². The lowest BCUT2D eigenvalue weighted by atomic mass is 9.98. The second-order valence-electron chi connectivity index (χ2n) is 7.41. The second kappa shape index (κ2) is 13.4. The number of Topliss-reactive ketones (excluding diaryl/α,β-unsaturated/α-hetero) is 1. The third kappa shape index (κ3) is 8.96. The normalized spacial score (nSPS) is 19.2. The molecule has 0 bridgehead atoms. The molecule has 10 nitrogen and oxygen atoms in total. The standard InChI is InChI=1S/C11H14N2O2.C7H8N2O2.C4H9NO/c12-11-6-9(1-3-13-11)10(14)5-8-2-4-15-7-8;1-11-7(10)5-2-3-9-6(8)4-5;5-4-1-2-6-3-4/h1,3,6,8H,2,4-5,7H2,(H2,12,13);2-4H,1H3,(H2,8,9);4H,1-3,5H2/t8-;;4-/m1.0/s1. The Balaban J connectivity index is 0.000000187. The molecule has 174 valence electrons. The molecule has 4 rings (SSSR count). The van der Waals surface area contributed by atoms with Gasteiger partial charge in [0.15, 0.2) is 5.78 Å². The van der Waals surface area contributed by atoms with E-state index < -0.39 is 5.97 Å². The molecule has 0 amide bonds. The van der Waals surface area contributed by atoms with E-state index in [0.29, 0.717) is 47.8 Å². The molecular weight excluding hydrogens is 414 g/mol. The SMILES string of the molecule is COC(=O)c1ccnc(N)c1.N[C@H]1CCOC1.Nc1cc(C(=O)C[C@H]2CCOC2)ccn1. The molecule has 2 fully saturated rings. The molecule has 2 aliphatic rings. The molecule has 2 aromatic rings. The Bertz CT molecular complexity index is 867. The number of nitrogen functional groups attached to an aromatic ring is 2. The van der Waals surface area contributed by atoms with Gasteiger partial charge >= 0.3 is 5.97 Å². The topological polar surface area (TPSA) is 166 Å². The minimum absolute atomic E-state index is 0.125. The van der Waals surface area contributed by atoms with Crippen molar-refractivity contribution in [3.05, 3.63) is 47.8 Å². The van der Waals surface area contributed by atoms with Gasteiger partial charge in [-0.25, -0.2) is 14.8 Å². The van der Waals surface area contributed by atoms with Gasteiger partial charge in [0.1, 0.15) is 11.6 Å². The number of methoxy groups -OCH3 is 1. The molecule has 32 heavy (non-hydrogen) atoms. The van der Waals surface area contributed by atoms with E-state index >= 15 is 0 Å². The molecule has 2 saturated heterocycles. The fraction of sp³-hybridized carbons (Fsp3) is 0.455. The number of hydrogen-bond donors (Lipinski definition) is 3. The number of aromatic nitrogens is 2. The smallest absolute Gasteiger partial charge is 0.338 e. The summed E-state index contributed by atoms with van der Waals surface area (Å²) in [5.74, 6) is 0.794. The van der Waals surface area contributed by atoms with Gasteiger partial charge in [-0.1, -0.05) is 0 Å². The average molecular weight is 446 g/mol. The van der Waals surface area contributed by atoms with Gasteiger partial charge in [-0.05, 0) is 43.0 Å². The highest BCUT2D eigenvalue weighted by atomic mass is 16.5. The van der Waals surface area contributed by atoms with E-state index in [1.54, 1.807) is 24.4 Å². The van der Waals surface area contributed by atoms with Crippen molar-refractivity contribution in [2.24, 2.45) is 11.7 Å². The number of carbonyl (C=O) groups excluding carboxylic acids is 2.